The molecule has 10 nitrogen and oxygen atoms in total. The van der Waals surface area contributed by atoms with Crippen LogP contribution < -0.4 is 9.38 Å². The summed E-state index contributed by atoms with van der Waals surface area (Å²) in [4.78, 5) is 3.07. The van der Waals surface area contributed by atoms with Crippen LogP contribution in [0, 0.1) is 0 Å². The van der Waals surface area contributed by atoms with Gasteiger partial charge < -0.3 is 35.2 Å². The first kappa shape index (κ1) is 21.3. The summed E-state index contributed by atoms with van der Waals surface area (Å²) >= 11 is 0. The second-order valence-corrected chi connectivity index (χ2v) is 10.4. The van der Waals surface area contributed by atoms with Crippen LogP contribution in [0.2, 0.25) is 0 Å². The van der Waals surface area contributed by atoms with Crippen molar-refractivity contribution in [3.63, 3.8) is 0 Å². The molecule has 1 heterocycles. The van der Waals surface area contributed by atoms with Crippen molar-refractivity contribution < 1.29 is 35.2 Å². The van der Waals surface area contributed by atoms with E-state index in [-0.39, 0.29) is 48.5 Å². The molecule has 0 bridgehead atoms. The summed E-state index contributed by atoms with van der Waals surface area (Å²) < 4.78 is 9.05. The molecular formula is C12H22N3O7P3. The number of rotatable bonds is 8. The maximum absolute atomic E-state index is 9.66. The highest BCUT2D eigenvalue weighted by molar-refractivity contribution is 7.76. The molecule has 0 saturated carbocycles. The normalized spacial score (nSPS) is 23.3. The minimum absolute atomic E-state index is 0.00505. The molecule has 3 unspecified atom stereocenters. The van der Waals surface area contributed by atoms with Gasteiger partial charge in [-0.25, -0.2) is 9.30 Å². The minimum Gasteiger partial charge on any atom is -0.444 e. The van der Waals surface area contributed by atoms with Gasteiger partial charge >= 0.3 is 0 Å². The Kier molecular flexibility index (Phi) is 8.78. The van der Waals surface area contributed by atoms with Gasteiger partial charge in [0.15, 0.2) is 0 Å². The lowest BCUT2D eigenvalue weighted by Crippen LogP contribution is -2.34. The Morgan fingerprint density at radius 2 is 1.68 bits per heavy atom. The third kappa shape index (κ3) is 4.62. The number of aliphatic hydroxyl groups is 6. The Labute approximate surface area is 149 Å². The zero-order valence-corrected chi connectivity index (χ0v) is 16.1. The summed E-state index contributed by atoms with van der Waals surface area (Å²) in [6.07, 6.45) is -0.245. The molecule has 0 aliphatic carbocycles. The molecule has 0 radical (unpaired) electrons. The Hall–Kier alpha value is -0.0500. The van der Waals surface area contributed by atoms with Crippen LogP contribution in [0.25, 0.3) is 0 Å². The van der Waals surface area contributed by atoms with Crippen molar-refractivity contribution in [3.8, 4) is 5.75 Å². The summed E-state index contributed by atoms with van der Waals surface area (Å²) in [6.45, 7) is -1.68. The quantitative estimate of drug-likeness (QED) is 0.282. The predicted molar refractivity (Wildman–Crippen MR) is 95.1 cm³/mol. The highest BCUT2D eigenvalue weighted by Gasteiger charge is 2.38. The van der Waals surface area contributed by atoms with Gasteiger partial charge in [0.05, 0.1) is 34.4 Å². The molecule has 0 amide bonds. The van der Waals surface area contributed by atoms with Crippen molar-refractivity contribution >= 4 is 25.6 Å². The zero-order valence-electron chi connectivity index (χ0n) is 13.3. The van der Waals surface area contributed by atoms with Crippen molar-refractivity contribution in [2.75, 3.05) is 19.8 Å². The Morgan fingerprint density at radius 3 is 2.20 bits per heavy atom. The van der Waals surface area contributed by atoms with Crippen LogP contribution in [0.3, 0.4) is 0 Å². The standard InChI is InChI=1S/C12H22N3O7P3/c16-3-9-1-2-12(11(5-18)10(9)4-17)22-25-13-23-14(6-19)24(8-21)15(25)7-20/h1-2,13,16-21,23H,3-8H2. The molecule has 7 N–H and O–H groups in total. The maximum Gasteiger partial charge on any atom is 0.256 e. The van der Waals surface area contributed by atoms with Crippen molar-refractivity contribution in [1.82, 2.24) is 13.7 Å². The van der Waals surface area contributed by atoms with E-state index in [0.29, 0.717) is 22.4 Å². The van der Waals surface area contributed by atoms with Crippen LogP contribution in [0.1, 0.15) is 16.7 Å². The smallest absolute Gasteiger partial charge is 0.256 e. The van der Waals surface area contributed by atoms with E-state index in [1.807, 2.05) is 0 Å². The van der Waals surface area contributed by atoms with Crippen LogP contribution >= 0.6 is 25.6 Å². The summed E-state index contributed by atoms with van der Waals surface area (Å²) in [5.41, 5.74) is 1.25. The molecule has 1 saturated heterocycles. The minimum atomic E-state index is -1.54. The maximum atomic E-state index is 9.66. The predicted octanol–water partition coefficient (Wildman–Crippen LogP) is -0.354. The van der Waals surface area contributed by atoms with Crippen molar-refractivity contribution in [2.45, 2.75) is 19.8 Å². The Balaban J connectivity index is 2.29. The fraction of sp³-hybridized carbons (Fsp3) is 0.500. The van der Waals surface area contributed by atoms with Gasteiger partial charge in [0, 0.05) is 14.4 Å². The number of aliphatic hydroxyl groups excluding tert-OH is 6. The summed E-state index contributed by atoms with van der Waals surface area (Å²) in [6, 6.07) is 3.18. The largest absolute Gasteiger partial charge is 0.444 e. The molecule has 1 aromatic carbocycles. The number of nitrogens with zero attached hydrogens (tertiary/aromatic N) is 2. The monoisotopic (exact) mass is 413 g/mol. The number of benzene rings is 1. The molecule has 2 rings (SSSR count). The molecule has 1 aromatic rings. The molecule has 3 atom stereocenters. The average molecular weight is 413 g/mol. The number of hydrogen-bond acceptors (Lipinski definition) is 10. The van der Waals surface area contributed by atoms with Gasteiger partial charge in [-0.05, 0) is 17.2 Å². The third-order valence-corrected chi connectivity index (χ3v) is 9.75. The first-order chi connectivity index (χ1) is 12.1. The topological polar surface area (TPSA) is 149 Å². The van der Waals surface area contributed by atoms with E-state index in [1.54, 1.807) is 16.6 Å². The molecule has 0 aromatic heterocycles. The van der Waals surface area contributed by atoms with E-state index in [2.05, 4.69) is 4.86 Å². The summed E-state index contributed by atoms with van der Waals surface area (Å²) in [5.74, 6) is 0.316. The summed E-state index contributed by atoms with van der Waals surface area (Å²) in [7, 11) is -2.88. The molecule has 1 aliphatic rings. The SMILES string of the molecule is OCc1ccc(OP2NPN(CO)P(CO)N2CO)c(CO)c1CO. The lowest BCUT2D eigenvalue weighted by Gasteiger charge is -2.43. The van der Waals surface area contributed by atoms with Crippen LogP contribution in [0.5, 0.6) is 5.75 Å². The van der Waals surface area contributed by atoms with Crippen LogP contribution in [0.4, 0.5) is 0 Å². The van der Waals surface area contributed by atoms with Crippen molar-refractivity contribution in [2.24, 2.45) is 0 Å². The molecular weight excluding hydrogens is 391 g/mol. The van der Waals surface area contributed by atoms with E-state index in [0.717, 1.165) is 0 Å². The first-order valence-electron chi connectivity index (χ1n) is 7.25. The van der Waals surface area contributed by atoms with E-state index < -0.39 is 16.7 Å². The molecule has 1 aliphatic heterocycles. The van der Waals surface area contributed by atoms with Gasteiger partial charge in [-0.15, -0.1) is 0 Å². The fourth-order valence-electron chi connectivity index (χ4n) is 2.31. The van der Waals surface area contributed by atoms with Crippen LogP contribution in [-0.2, 0) is 19.8 Å². The zero-order chi connectivity index (χ0) is 18.4. The van der Waals surface area contributed by atoms with Gasteiger partial charge in [0.2, 0.25) is 0 Å². The van der Waals surface area contributed by atoms with Gasteiger partial charge in [-0.2, -0.15) is 4.44 Å². The molecule has 0 spiro atoms. The third-order valence-electron chi connectivity index (χ3n) is 3.57. The fourth-order valence-corrected chi connectivity index (χ4v) is 8.56. The van der Waals surface area contributed by atoms with Gasteiger partial charge in [0.25, 0.3) is 8.45 Å². The lowest BCUT2D eigenvalue weighted by molar-refractivity contribution is 0.205. The number of nitrogens with one attached hydrogen (secondary N) is 1. The second kappa shape index (κ2) is 10.3. The Bertz CT molecular complexity index is 571. The van der Waals surface area contributed by atoms with Crippen molar-refractivity contribution in [3.05, 3.63) is 28.8 Å². The van der Waals surface area contributed by atoms with Crippen molar-refractivity contribution in [1.29, 1.82) is 0 Å². The average Bonchev–Trinajstić information content (AvgIpc) is 2.66. The Morgan fingerprint density at radius 1 is 0.960 bits per heavy atom. The van der Waals surface area contributed by atoms with E-state index in [1.165, 1.54) is 4.44 Å². The van der Waals surface area contributed by atoms with Gasteiger partial charge in [-0.3, -0.25) is 0 Å². The van der Waals surface area contributed by atoms with Gasteiger partial charge in [-0.1, -0.05) is 6.07 Å². The molecule has 25 heavy (non-hydrogen) atoms. The van der Waals surface area contributed by atoms with Crippen LogP contribution in [0.15, 0.2) is 12.1 Å². The highest BCUT2D eigenvalue weighted by atomic mass is 31.3. The highest BCUT2D eigenvalue weighted by Crippen LogP contribution is 2.64. The lowest BCUT2D eigenvalue weighted by atomic mass is 10.0. The molecule has 13 heteroatoms. The van der Waals surface area contributed by atoms with E-state index >= 15 is 0 Å². The summed E-state index contributed by atoms with van der Waals surface area (Å²) in [5, 5.41) is 57.1. The van der Waals surface area contributed by atoms with Crippen LogP contribution in [-0.4, -0.2) is 59.3 Å². The van der Waals surface area contributed by atoms with E-state index in [4.69, 9.17) is 4.52 Å². The van der Waals surface area contributed by atoms with Gasteiger partial charge in [0.1, 0.15) is 19.2 Å². The second-order valence-electron chi connectivity index (χ2n) is 4.81. The molecule has 1 fully saturated rings. The number of hydrogen-bond donors (Lipinski definition) is 7. The molecule has 142 valence electrons. The van der Waals surface area contributed by atoms with E-state index in [9.17, 15) is 30.6 Å². The first-order valence-corrected chi connectivity index (χ1v) is 10.8.